The van der Waals surface area contributed by atoms with Crippen LogP contribution in [0.2, 0.25) is 0 Å². The van der Waals surface area contributed by atoms with Crippen molar-refractivity contribution in [3.8, 4) is 22.5 Å². The van der Waals surface area contributed by atoms with E-state index in [0.717, 1.165) is 33.6 Å². The van der Waals surface area contributed by atoms with Crippen LogP contribution in [0.3, 0.4) is 0 Å². The minimum Gasteiger partial charge on any atom is -0.303 e. The zero-order valence-electron chi connectivity index (χ0n) is 20.8. The zero-order valence-corrected chi connectivity index (χ0v) is 20.8. The zero-order chi connectivity index (χ0) is 25.9. The monoisotopic (exact) mass is 494 g/mol. The van der Waals surface area contributed by atoms with Crippen LogP contribution in [-0.4, -0.2) is 9.13 Å². The van der Waals surface area contributed by atoms with Crippen LogP contribution in [0.15, 0.2) is 143 Å². The van der Waals surface area contributed by atoms with Crippen molar-refractivity contribution in [3.05, 3.63) is 165 Å². The fourth-order valence-electron chi connectivity index (χ4n) is 4.99. The highest BCUT2D eigenvalue weighted by Crippen LogP contribution is 2.26. The number of aromatic nitrogens is 2. The van der Waals surface area contributed by atoms with Crippen LogP contribution in [0.25, 0.3) is 33.3 Å². The predicted molar refractivity (Wildman–Crippen MR) is 154 cm³/mol. The molecule has 0 N–H and O–H groups in total. The minimum atomic E-state index is -0.175. The summed E-state index contributed by atoms with van der Waals surface area (Å²) < 4.78 is 3.56. The Morgan fingerprint density at radius 1 is 0.421 bits per heavy atom. The topological polar surface area (TPSA) is 44.0 Å². The molecule has 2 aromatic heterocycles. The number of fused-ring (bicyclic) bond motifs is 1. The number of pyridine rings is 2. The van der Waals surface area contributed by atoms with E-state index in [9.17, 15) is 9.59 Å². The van der Waals surface area contributed by atoms with Gasteiger partial charge in [0, 0.05) is 0 Å². The van der Waals surface area contributed by atoms with E-state index in [0.29, 0.717) is 23.9 Å². The molecule has 6 rings (SSSR count). The van der Waals surface area contributed by atoms with Gasteiger partial charge < -0.3 is 9.13 Å². The first-order chi connectivity index (χ1) is 18.7. The molecule has 4 heteroatoms. The van der Waals surface area contributed by atoms with Crippen molar-refractivity contribution in [3.63, 3.8) is 0 Å². The molecule has 0 aliphatic rings. The van der Waals surface area contributed by atoms with Crippen LogP contribution >= 0.6 is 0 Å². The molecule has 2 heterocycles. The maximum atomic E-state index is 14.1. The fraction of sp³-hybridized carbons (Fsp3) is 0.0588. The van der Waals surface area contributed by atoms with Gasteiger partial charge in [0.25, 0.3) is 11.1 Å². The van der Waals surface area contributed by atoms with Crippen LogP contribution < -0.4 is 11.1 Å². The SMILES string of the molecule is O=c1c2cc(-c3ccccc3)n(Cc3ccccc3)c(=O)c2cc(-c2ccccc2)n1Cc1ccccc1. The summed E-state index contributed by atoms with van der Waals surface area (Å²) in [5.74, 6) is 0. The highest BCUT2D eigenvalue weighted by atomic mass is 16.1. The molecule has 0 saturated heterocycles. The predicted octanol–water partition coefficient (Wildman–Crippen LogP) is 6.59. The lowest BCUT2D eigenvalue weighted by Gasteiger charge is -2.18. The van der Waals surface area contributed by atoms with E-state index >= 15 is 0 Å². The molecule has 0 saturated carbocycles. The van der Waals surface area contributed by atoms with Gasteiger partial charge >= 0.3 is 0 Å². The summed E-state index contributed by atoms with van der Waals surface area (Å²) in [6, 6.07) is 43.2. The minimum absolute atomic E-state index is 0.175. The Labute approximate surface area is 220 Å². The summed E-state index contributed by atoms with van der Waals surface area (Å²) in [5, 5.41) is 0.850. The second-order valence-corrected chi connectivity index (χ2v) is 9.37. The lowest BCUT2D eigenvalue weighted by atomic mass is 10.0. The van der Waals surface area contributed by atoms with E-state index in [4.69, 9.17) is 0 Å². The normalized spacial score (nSPS) is 11.1. The molecule has 184 valence electrons. The molecule has 4 aromatic carbocycles. The first-order valence-corrected chi connectivity index (χ1v) is 12.7. The number of nitrogens with zero attached hydrogens (tertiary/aromatic N) is 2. The van der Waals surface area contributed by atoms with E-state index in [2.05, 4.69) is 0 Å². The molecule has 0 fully saturated rings. The summed E-state index contributed by atoms with van der Waals surface area (Å²) in [4.78, 5) is 28.3. The van der Waals surface area contributed by atoms with Crippen LogP contribution in [-0.2, 0) is 13.1 Å². The van der Waals surface area contributed by atoms with Crippen molar-refractivity contribution >= 4 is 10.8 Å². The van der Waals surface area contributed by atoms with Gasteiger partial charge in [-0.15, -0.1) is 0 Å². The van der Waals surface area contributed by atoms with Crippen LogP contribution in [0.5, 0.6) is 0 Å². The summed E-state index contributed by atoms with van der Waals surface area (Å²) in [6.07, 6.45) is 0. The molecule has 0 aliphatic heterocycles. The molecule has 0 radical (unpaired) electrons. The van der Waals surface area contributed by atoms with Gasteiger partial charge in [0.2, 0.25) is 0 Å². The maximum absolute atomic E-state index is 14.1. The van der Waals surface area contributed by atoms with Crippen LogP contribution in [0.1, 0.15) is 11.1 Å². The van der Waals surface area contributed by atoms with E-state index in [-0.39, 0.29) is 11.1 Å². The van der Waals surface area contributed by atoms with Gasteiger partial charge in [0.1, 0.15) is 0 Å². The Morgan fingerprint density at radius 3 is 1.08 bits per heavy atom. The molecular weight excluding hydrogens is 468 g/mol. The molecule has 38 heavy (non-hydrogen) atoms. The third-order valence-corrected chi connectivity index (χ3v) is 6.89. The Balaban J connectivity index is 1.66. The van der Waals surface area contributed by atoms with Crippen molar-refractivity contribution < 1.29 is 0 Å². The van der Waals surface area contributed by atoms with Gasteiger partial charge in [0.05, 0.1) is 35.2 Å². The van der Waals surface area contributed by atoms with E-state index in [1.807, 2.05) is 133 Å². The molecule has 6 aromatic rings. The third-order valence-electron chi connectivity index (χ3n) is 6.89. The Hall–Kier alpha value is -4.96. The largest absolute Gasteiger partial charge is 0.303 e. The van der Waals surface area contributed by atoms with Gasteiger partial charge in [-0.05, 0) is 34.4 Å². The van der Waals surface area contributed by atoms with E-state index in [1.165, 1.54) is 0 Å². The Kier molecular flexibility index (Phi) is 6.29. The molecule has 0 bridgehead atoms. The molecule has 0 unspecified atom stereocenters. The molecule has 0 atom stereocenters. The highest BCUT2D eigenvalue weighted by Gasteiger charge is 2.18. The molecule has 0 spiro atoms. The number of hydrogen-bond donors (Lipinski definition) is 0. The quantitative estimate of drug-likeness (QED) is 0.262. The second kappa shape index (κ2) is 10.2. The number of benzene rings is 4. The summed E-state index contributed by atoms with van der Waals surface area (Å²) in [6.45, 7) is 0.821. The van der Waals surface area contributed by atoms with E-state index in [1.54, 1.807) is 9.13 Å². The van der Waals surface area contributed by atoms with Crippen LogP contribution in [0, 0.1) is 0 Å². The van der Waals surface area contributed by atoms with Crippen molar-refractivity contribution in [1.82, 2.24) is 9.13 Å². The average molecular weight is 495 g/mol. The van der Waals surface area contributed by atoms with Crippen LogP contribution in [0.4, 0.5) is 0 Å². The standard InChI is InChI=1S/C34H26N2O2/c37-33-29-22-32(28-19-11-4-12-20-28)36(24-26-15-7-2-8-16-26)34(38)30(29)21-31(27-17-9-3-10-18-27)35(33)23-25-13-5-1-6-14-25/h1-22H,23-24H2. The Bertz CT molecular complexity index is 1690. The van der Waals surface area contributed by atoms with Crippen molar-refractivity contribution in [1.29, 1.82) is 0 Å². The number of hydrogen-bond acceptors (Lipinski definition) is 2. The Morgan fingerprint density at radius 2 is 0.737 bits per heavy atom. The number of rotatable bonds is 6. The van der Waals surface area contributed by atoms with Crippen molar-refractivity contribution in [2.24, 2.45) is 0 Å². The molecular formula is C34H26N2O2. The van der Waals surface area contributed by atoms with Gasteiger partial charge in [-0.1, -0.05) is 121 Å². The van der Waals surface area contributed by atoms with Gasteiger partial charge in [-0.2, -0.15) is 0 Å². The van der Waals surface area contributed by atoms with Gasteiger partial charge in [-0.25, -0.2) is 0 Å². The summed E-state index contributed by atoms with van der Waals surface area (Å²) >= 11 is 0. The third kappa shape index (κ3) is 4.48. The highest BCUT2D eigenvalue weighted by molar-refractivity contribution is 5.88. The first-order valence-electron chi connectivity index (χ1n) is 12.7. The molecule has 0 amide bonds. The van der Waals surface area contributed by atoms with Crippen molar-refractivity contribution in [2.45, 2.75) is 13.1 Å². The lowest BCUT2D eigenvalue weighted by Crippen LogP contribution is -2.29. The molecule has 0 aliphatic carbocycles. The average Bonchev–Trinajstić information content (AvgIpc) is 2.98. The fourth-order valence-corrected chi connectivity index (χ4v) is 4.99. The summed E-state index contributed by atoms with van der Waals surface area (Å²) in [7, 11) is 0. The van der Waals surface area contributed by atoms with E-state index < -0.39 is 0 Å². The maximum Gasteiger partial charge on any atom is 0.259 e. The first kappa shape index (κ1) is 23.4. The van der Waals surface area contributed by atoms with Gasteiger partial charge in [0.15, 0.2) is 0 Å². The second-order valence-electron chi connectivity index (χ2n) is 9.37. The smallest absolute Gasteiger partial charge is 0.259 e. The summed E-state index contributed by atoms with van der Waals surface area (Å²) in [5.41, 5.74) is 4.93. The molecule has 4 nitrogen and oxygen atoms in total. The van der Waals surface area contributed by atoms with Gasteiger partial charge in [-0.3, -0.25) is 9.59 Å². The van der Waals surface area contributed by atoms with Crippen molar-refractivity contribution in [2.75, 3.05) is 0 Å². The lowest BCUT2D eigenvalue weighted by molar-refractivity contribution is 0.764.